The Hall–Kier alpha value is -0.530. The number of nitrogens with zero attached hydrogens (tertiary/aromatic N) is 1. The van der Waals surface area contributed by atoms with Gasteiger partial charge in [0.2, 0.25) is 0 Å². The summed E-state index contributed by atoms with van der Waals surface area (Å²) in [5.74, 6) is 0.499. The minimum atomic E-state index is 0.499. The summed E-state index contributed by atoms with van der Waals surface area (Å²) in [6.07, 6.45) is 18.5. The van der Waals surface area contributed by atoms with Gasteiger partial charge in [0, 0.05) is 5.92 Å². The van der Waals surface area contributed by atoms with Crippen molar-refractivity contribution < 1.29 is 5.21 Å². The zero-order chi connectivity index (χ0) is 15.8. The molecule has 1 N–H and O–H groups in total. The second-order valence-corrected chi connectivity index (χ2v) is 6.37. The monoisotopic (exact) mass is 297 g/mol. The predicted octanol–water partition coefficient (Wildman–Crippen LogP) is 6.95. The van der Waals surface area contributed by atoms with Gasteiger partial charge in [-0.3, -0.25) is 0 Å². The highest BCUT2D eigenvalue weighted by atomic mass is 16.4. The van der Waals surface area contributed by atoms with E-state index in [0.717, 1.165) is 18.6 Å². The van der Waals surface area contributed by atoms with Crippen LogP contribution in [0.5, 0.6) is 0 Å². The molecule has 0 aliphatic rings. The number of hydrogen-bond donors (Lipinski definition) is 1. The van der Waals surface area contributed by atoms with Crippen LogP contribution in [-0.2, 0) is 0 Å². The van der Waals surface area contributed by atoms with Gasteiger partial charge in [-0.15, -0.1) is 0 Å². The molecule has 0 fully saturated rings. The van der Waals surface area contributed by atoms with Gasteiger partial charge in [0.05, 0.1) is 5.71 Å². The zero-order valence-corrected chi connectivity index (χ0v) is 14.9. The SMILES string of the molecule is CCCCCCCCCCCCCC(CC)C(CC)=NO. The van der Waals surface area contributed by atoms with Crippen molar-refractivity contribution in [1.29, 1.82) is 0 Å². The zero-order valence-electron chi connectivity index (χ0n) is 14.9. The van der Waals surface area contributed by atoms with E-state index in [9.17, 15) is 0 Å². The first-order valence-corrected chi connectivity index (χ1v) is 9.50. The summed E-state index contributed by atoms with van der Waals surface area (Å²) in [6.45, 7) is 6.56. The standard InChI is InChI=1S/C19H39NO/c1-4-7-8-9-10-11-12-13-14-15-16-17-18(5-2)19(6-3)20-21/h18,21H,4-17H2,1-3H3. The lowest BCUT2D eigenvalue weighted by Gasteiger charge is -2.14. The van der Waals surface area contributed by atoms with Gasteiger partial charge in [0.1, 0.15) is 0 Å². The molecule has 0 aromatic rings. The average Bonchev–Trinajstić information content (AvgIpc) is 2.51. The predicted molar refractivity (Wildman–Crippen MR) is 94.4 cm³/mol. The van der Waals surface area contributed by atoms with Crippen molar-refractivity contribution in [2.75, 3.05) is 0 Å². The topological polar surface area (TPSA) is 32.6 Å². The highest BCUT2D eigenvalue weighted by molar-refractivity contribution is 5.85. The number of oxime groups is 1. The highest BCUT2D eigenvalue weighted by Crippen LogP contribution is 2.18. The molecule has 1 atom stereocenters. The van der Waals surface area contributed by atoms with Crippen LogP contribution in [0.25, 0.3) is 0 Å². The van der Waals surface area contributed by atoms with Gasteiger partial charge in [0.25, 0.3) is 0 Å². The number of hydrogen-bond acceptors (Lipinski definition) is 2. The molecule has 2 nitrogen and oxygen atoms in total. The maximum atomic E-state index is 8.99. The summed E-state index contributed by atoms with van der Waals surface area (Å²) in [6, 6.07) is 0. The van der Waals surface area contributed by atoms with Crippen LogP contribution in [0.2, 0.25) is 0 Å². The van der Waals surface area contributed by atoms with Gasteiger partial charge in [0.15, 0.2) is 0 Å². The highest BCUT2D eigenvalue weighted by Gasteiger charge is 2.12. The van der Waals surface area contributed by atoms with E-state index in [2.05, 4.69) is 25.9 Å². The van der Waals surface area contributed by atoms with Gasteiger partial charge in [-0.2, -0.15) is 0 Å². The molecule has 0 spiro atoms. The van der Waals surface area contributed by atoms with Crippen molar-refractivity contribution in [2.45, 2.75) is 111 Å². The van der Waals surface area contributed by atoms with Gasteiger partial charge in [-0.1, -0.05) is 96.6 Å². The van der Waals surface area contributed by atoms with Crippen LogP contribution in [0.3, 0.4) is 0 Å². The third-order valence-corrected chi connectivity index (χ3v) is 4.61. The molecule has 0 saturated carbocycles. The fourth-order valence-corrected chi connectivity index (χ4v) is 3.10. The summed E-state index contributed by atoms with van der Waals surface area (Å²) in [5.41, 5.74) is 0.990. The molecule has 126 valence electrons. The molecule has 0 aliphatic carbocycles. The van der Waals surface area contributed by atoms with Crippen LogP contribution < -0.4 is 0 Å². The van der Waals surface area contributed by atoms with E-state index in [1.807, 2.05) is 0 Å². The summed E-state index contributed by atoms with van der Waals surface area (Å²) >= 11 is 0. The Morgan fingerprint density at radius 2 is 1.24 bits per heavy atom. The molecule has 0 saturated heterocycles. The van der Waals surface area contributed by atoms with Gasteiger partial charge >= 0.3 is 0 Å². The molecule has 2 heteroatoms. The molecular formula is C19H39NO. The second-order valence-electron chi connectivity index (χ2n) is 6.37. The maximum absolute atomic E-state index is 8.99. The molecule has 0 heterocycles. The summed E-state index contributed by atoms with van der Waals surface area (Å²) in [5, 5.41) is 12.5. The third-order valence-electron chi connectivity index (χ3n) is 4.61. The lowest BCUT2D eigenvalue weighted by molar-refractivity contribution is 0.311. The third kappa shape index (κ3) is 11.8. The normalized spacial score (nSPS) is 13.6. The molecular weight excluding hydrogens is 258 g/mol. The van der Waals surface area contributed by atoms with Crippen LogP contribution in [-0.4, -0.2) is 10.9 Å². The maximum Gasteiger partial charge on any atom is 0.0598 e. The van der Waals surface area contributed by atoms with Crippen molar-refractivity contribution in [3.8, 4) is 0 Å². The molecule has 1 unspecified atom stereocenters. The molecule has 0 bridgehead atoms. The summed E-state index contributed by atoms with van der Waals surface area (Å²) in [7, 11) is 0. The van der Waals surface area contributed by atoms with Crippen LogP contribution in [0.1, 0.15) is 111 Å². The summed E-state index contributed by atoms with van der Waals surface area (Å²) in [4.78, 5) is 0. The summed E-state index contributed by atoms with van der Waals surface area (Å²) < 4.78 is 0. The van der Waals surface area contributed by atoms with Crippen molar-refractivity contribution >= 4 is 5.71 Å². The number of rotatable bonds is 15. The molecule has 0 aromatic heterocycles. The van der Waals surface area contributed by atoms with Crippen molar-refractivity contribution in [1.82, 2.24) is 0 Å². The molecule has 0 aliphatic heterocycles. The Kier molecular flexibility index (Phi) is 15.5. The quantitative estimate of drug-likeness (QED) is 0.151. The lowest BCUT2D eigenvalue weighted by Crippen LogP contribution is -2.13. The Balaban J connectivity index is 3.39. The molecule has 0 aromatic carbocycles. The minimum absolute atomic E-state index is 0.499. The van der Waals surface area contributed by atoms with Crippen molar-refractivity contribution in [3.05, 3.63) is 0 Å². The lowest BCUT2D eigenvalue weighted by atomic mass is 9.92. The van der Waals surface area contributed by atoms with E-state index >= 15 is 0 Å². The van der Waals surface area contributed by atoms with Crippen LogP contribution in [0.4, 0.5) is 0 Å². The van der Waals surface area contributed by atoms with Gasteiger partial charge < -0.3 is 5.21 Å². The van der Waals surface area contributed by atoms with E-state index in [1.165, 1.54) is 77.0 Å². The van der Waals surface area contributed by atoms with Crippen LogP contribution in [0, 0.1) is 5.92 Å². The Labute approximate surface area is 133 Å². The van der Waals surface area contributed by atoms with E-state index in [1.54, 1.807) is 0 Å². The fraction of sp³-hybridized carbons (Fsp3) is 0.947. The van der Waals surface area contributed by atoms with Gasteiger partial charge in [-0.05, 0) is 19.3 Å². The Morgan fingerprint density at radius 3 is 1.62 bits per heavy atom. The van der Waals surface area contributed by atoms with E-state index in [0.29, 0.717) is 5.92 Å². The molecule has 0 radical (unpaired) electrons. The van der Waals surface area contributed by atoms with E-state index < -0.39 is 0 Å². The first kappa shape index (κ1) is 20.5. The second kappa shape index (κ2) is 15.9. The molecule has 0 rings (SSSR count). The largest absolute Gasteiger partial charge is 0.411 e. The molecule has 0 amide bonds. The first-order valence-electron chi connectivity index (χ1n) is 9.50. The molecule has 21 heavy (non-hydrogen) atoms. The average molecular weight is 298 g/mol. The van der Waals surface area contributed by atoms with Crippen molar-refractivity contribution in [2.24, 2.45) is 11.1 Å². The van der Waals surface area contributed by atoms with E-state index in [4.69, 9.17) is 5.21 Å². The fourth-order valence-electron chi connectivity index (χ4n) is 3.10. The Morgan fingerprint density at radius 1 is 0.762 bits per heavy atom. The van der Waals surface area contributed by atoms with Crippen molar-refractivity contribution in [3.63, 3.8) is 0 Å². The van der Waals surface area contributed by atoms with Crippen LogP contribution in [0.15, 0.2) is 5.16 Å². The number of unbranched alkanes of at least 4 members (excludes halogenated alkanes) is 10. The Bertz CT molecular complexity index is 238. The van der Waals surface area contributed by atoms with E-state index in [-0.39, 0.29) is 0 Å². The van der Waals surface area contributed by atoms with Gasteiger partial charge in [-0.25, -0.2) is 0 Å². The smallest absolute Gasteiger partial charge is 0.0598 e. The van der Waals surface area contributed by atoms with Crippen LogP contribution >= 0.6 is 0 Å². The first-order chi connectivity index (χ1) is 10.3. The minimum Gasteiger partial charge on any atom is -0.411 e.